The van der Waals surface area contributed by atoms with Crippen molar-refractivity contribution in [3.8, 4) is 11.5 Å². The van der Waals surface area contributed by atoms with E-state index in [4.69, 9.17) is 9.15 Å². The van der Waals surface area contributed by atoms with Gasteiger partial charge < -0.3 is 9.15 Å². The van der Waals surface area contributed by atoms with Gasteiger partial charge in [-0.05, 0) is 18.6 Å². The third-order valence-electron chi connectivity index (χ3n) is 3.30. The predicted octanol–water partition coefficient (Wildman–Crippen LogP) is 1.88. The second-order valence-corrected chi connectivity index (χ2v) is 4.70. The SMILES string of the molecule is Cc1ccccc1-c1nnc(CN2CCOCC2)o1. The van der Waals surface area contributed by atoms with E-state index in [9.17, 15) is 0 Å². The molecule has 0 radical (unpaired) electrons. The van der Waals surface area contributed by atoms with E-state index in [-0.39, 0.29) is 0 Å². The summed E-state index contributed by atoms with van der Waals surface area (Å²) in [6.07, 6.45) is 0. The van der Waals surface area contributed by atoms with Crippen molar-refractivity contribution in [3.05, 3.63) is 35.7 Å². The molecule has 0 unspecified atom stereocenters. The maximum absolute atomic E-state index is 5.75. The average molecular weight is 259 g/mol. The van der Waals surface area contributed by atoms with E-state index in [2.05, 4.69) is 15.1 Å². The summed E-state index contributed by atoms with van der Waals surface area (Å²) >= 11 is 0. The van der Waals surface area contributed by atoms with Crippen LogP contribution in [0.2, 0.25) is 0 Å². The van der Waals surface area contributed by atoms with Gasteiger partial charge in [-0.1, -0.05) is 18.2 Å². The first kappa shape index (κ1) is 12.3. The molecule has 100 valence electrons. The van der Waals surface area contributed by atoms with Gasteiger partial charge in [0.1, 0.15) is 0 Å². The van der Waals surface area contributed by atoms with Gasteiger partial charge in [0.15, 0.2) is 0 Å². The standard InChI is InChI=1S/C14H17N3O2/c1-11-4-2-3-5-12(11)14-16-15-13(19-14)10-17-6-8-18-9-7-17/h2-5H,6-10H2,1H3. The van der Waals surface area contributed by atoms with E-state index in [0.29, 0.717) is 18.3 Å². The topological polar surface area (TPSA) is 51.4 Å². The van der Waals surface area contributed by atoms with Crippen LogP contribution >= 0.6 is 0 Å². The summed E-state index contributed by atoms with van der Waals surface area (Å²) in [7, 11) is 0. The first-order valence-corrected chi connectivity index (χ1v) is 6.51. The van der Waals surface area contributed by atoms with Crippen molar-refractivity contribution in [1.29, 1.82) is 0 Å². The van der Waals surface area contributed by atoms with Crippen molar-refractivity contribution in [2.24, 2.45) is 0 Å². The molecule has 0 bridgehead atoms. The minimum Gasteiger partial charge on any atom is -0.419 e. The van der Waals surface area contributed by atoms with E-state index < -0.39 is 0 Å². The summed E-state index contributed by atoms with van der Waals surface area (Å²) < 4.78 is 11.1. The molecule has 0 aliphatic carbocycles. The zero-order chi connectivity index (χ0) is 13.1. The predicted molar refractivity (Wildman–Crippen MR) is 70.6 cm³/mol. The maximum atomic E-state index is 5.75. The van der Waals surface area contributed by atoms with E-state index in [1.165, 1.54) is 0 Å². The zero-order valence-electron chi connectivity index (χ0n) is 11.0. The average Bonchev–Trinajstić information content (AvgIpc) is 2.89. The Morgan fingerprint density at radius 2 is 1.95 bits per heavy atom. The number of aromatic nitrogens is 2. The van der Waals surface area contributed by atoms with Gasteiger partial charge in [0, 0.05) is 18.7 Å². The number of hydrogen-bond acceptors (Lipinski definition) is 5. The first-order valence-electron chi connectivity index (χ1n) is 6.51. The minimum absolute atomic E-state index is 0.598. The highest BCUT2D eigenvalue weighted by Gasteiger charge is 2.15. The maximum Gasteiger partial charge on any atom is 0.248 e. The molecule has 19 heavy (non-hydrogen) atoms. The van der Waals surface area contributed by atoms with Crippen LogP contribution in [0.3, 0.4) is 0 Å². The van der Waals surface area contributed by atoms with E-state index >= 15 is 0 Å². The van der Waals surface area contributed by atoms with Crippen molar-refractivity contribution < 1.29 is 9.15 Å². The molecule has 1 saturated heterocycles. The molecular weight excluding hydrogens is 242 g/mol. The first-order chi connectivity index (χ1) is 9.33. The molecule has 0 atom stereocenters. The monoisotopic (exact) mass is 259 g/mol. The molecule has 2 aromatic rings. The summed E-state index contributed by atoms with van der Waals surface area (Å²) in [5.74, 6) is 1.27. The highest BCUT2D eigenvalue weighted by molar-refractivity contribution is 5.57. The zero-order valence-corrected chi connectivity index (χ0v) is 11.0. The Labute approximate surface area is 112 Å². The van der Waals surface area contributed by atoms with Crippen molar-refractivity contribution in [3.63, 3.8) is 0 Å². The Kier molecular flexibility index (Phi) is 3.57. The Bertz CT molecular complexity index is 547. The molecule has 2 heterocycles. The minimum atomic E-state index is 0.598. The Hall–Kier alpha value is -1.72. The van der Waals surface area contributed by atoms with Crippen molar-refractivity contribution in [2.45, 2.75) is 13.5 Å². The second-order valence-electron chi connectivity index (χ2n) is 4.70. The van der Waals surface area contributed by atoms with Crippen LogP contribution in [0, 0.1) is 6.92 Å². The highest BCUT2D eigenvalue weighted by Crippen LogP contribution is 2.21. The van der Waals surface area contributed by atoms with Gasteiger partial charge in [-0.25, -0.2) is 0 Å². The molecule has 0 saturated carbocycles. The van der Waals surface area contributed by atoms with Crippen molar-refractivity contribution >= 4 is 0 Å². The van der Waals surface area contributed by atoms with Crippen LogP contribution in [0.1, 0.15) is 11.5 Å². The van der Waals surface area contributed by atoms with Gasteiger partial charge in [-0.15, -0.1) is 10.2 Å². The molecule has 1 aromatic heterocycles. The summed E-state index contributed by atoms with van der Waals surface area (Å²) in [6, 6.07) is 8.03. The molecular formula is C14H17N3O2. The van der Waals surface area contributed by atoms with Gasteiger partial charge in [0.05, 0.1) is 19.8 Å². The normalized spacial score (nSPS) is 16.7. The summed E-state index contributed by atoms with van der Waals surface area (Å²) in [6.45, 7) is 6.13. The third kappa shape index (κ3) is 2.83. The number of rotatable bonds is 3. The van der Waals surface area contributed by atoms with E-state index in [1.54, 1.807) is 0 Å². The molecule has 5 heteroatoms. The number of aryl methyl sites for hydroxylation is 1. The van der Waals surface area contributed by atoms with Crippen LogP contribution in [0.15, 0.2) is 28.7 Å². The van der Waals surface area contributed by atoms with Gasteiger partial charge in [0.2, 0.25) is 11.8 Å². The third-order valence-corrected chi connectivity index (χ3v) is 3.30. The fraction of sp³-hybridized carbons (Fsp3) is 0.429. The highest BCUT2D eigenvalue weighted by atomic mass is 16.5. The largest absolute Gasteiger partial charge is 0.419 e. The molecule has 1 aliphatic rings. The lowest BCUT2D eigenvalue weighted by Crippen LogP contribution is -2.35. The molecule has 0 N–H and O–H groups in total. The van der Waals surface area contributed by atoms with Crippen LogP contribution in [-0.4, -0.2) is 41.4 Å². The smallest absolute Gasteiger partial charge is 0.248 e. The molecule has 0 amide bonds. The fourth-order valence-electron chi connectivity index (χ4n) is 2.19. The Morgan fingerprint density at radius 3 is 2.74 bits per heavy atom. The van der Waals surface area contributed by atoms with Crippen LogP contribution in [0.25, 0.3) is 11.5 Å². The Balaban J connectivity index is 1.74. The van der Waals surface area contributed by atoms with Crippen molar-refractivity contribution in [2.75, 3.05) is 26.3 Å². The van der Waals surface area contributed by atoms with Crippen LogP contribution in [-0.2, 0) is 11.3 Å². The summed E-state index contributed by atoms with van der Waals surface area (Å²) in [5.41, 5.74) is 2.15. The second kappa shape index (κ2) is 5.50. The number of nitrogens with zero attached hydrogens (tertiary/aromatic N) is 3. The summed E-state index contributed by atoms with van der Waals surface area (Å²) in [5, 5.41) is 8.27. The van der Waals surface area contributed by atoms with Gasteiger partial charge >= 0.3 is 0 Å². The molecule has 1 fully saturated rings. The van der Waals surface area contributed by atoms with Gasteiger partial charge in [0.25, 0.3) is 0 Å². The van der Waals surface area contributed by atoms with Crippen LogP contribution < -0.4 is 0 Å². The summed E-state index contributed by atoms with van der Waals surface area (Å²) in [4.78, 5) is 2.26. The lowest BCUT2D eigenvalue weighted by Gasteiger charge is -2.24. The number of ether oxygens (including phenoxy) is 1. The molecule has 1 aliphatic heterocycles. The van der Waals surface area contributed by atoms with Crippen molar-refractivity contribution in [1.82, 2.24) is 15.1 Å². The van der Waals surface area contributed by atoms with Gasteiger partial charge in [-0.2, -0.15) is 0 Å². The lowest BCUT2D eigenvalue weighted by molar-refractivity contribution is 0.0306. The molecule has 1 aromatic carbocycles. The van der Waals surface area contributed by atoms with Gasteiger partial charge in [-0.3, -0.25) is 4.90 Å². The molecule has 0 spiro atoms. The number of benzene rings is 1. The fourth-order valence-corrected chi connectivity index (χ4v) is 2.19. The number of morpholine rings is 1. The lowest BCUT2D eigenvalue weighted by atomic mass is 10.1. The number of hydrogen-bond donors (Lipinski definition) is 0. The quantitative estimate of drug-likeness (QED) is 0.842. The van der Waals surface area contributed by atoms with Crippen LogP contribution in [0.5, 0.6) is 0 Å². The molecule has 3 rings (SSSR count). The Morgan fingerprint density at radius 1 is 1.16 bits per heavy atom. The van der Waals surface area contributed by atoms with Crippen LogP contribution in [0.4, 0.5) is 0 Å². The van der Waals surface area contributed by atoms with E-state index in [1.807, 2.05) is 31.2 Å². The molecule has 5 nitrogen and oxygen atoms in total. The van der Waals surface area contributed by atoms with E-state index in [0.717, 1.165) is 37.4 Å².